The van der Waals surface area contributed by atoms with Gasteiger partial charge in [-0.25, -0.2) is 9.18 Å². The highest BCUT2D eigenvalue weighted by Crippen LogP contribution is 2.38. The quantitative estimate of drug-likeness (QED) is 0.725. The van der Waals surface area contributed by atoms with Gasteiger partial charge >= 0.3 is 6.03 Å². The first-order valence-corrected chi connectivity index (χ1v) is 10.5. The zero-order valence-electron chi connectivity index (χ0n) is 17.6. The minimum atomic E-state index is -0.774. The Hall–Kier alpha value is -3.39. The zero-order valence-corrected chi connectivity index (χ0v) is 18.3. The standard InChI is InChI=1S/C23H22ClFN4O3/c1-13(21(30)26-11-14-7-9-15(25)10-8-14)29-12-18-19(22(29)31)20(27-23(32)28(18)2)16-5-3-4-6-17(16)24/h3-10,13,20H,11-12H2,1-2H3,(H,26,30)(H,27,32)/t13-,20+/m1/s1. The number of likely N-dealkylation sites (N-methyl/N-ethyl adjacent to an activating group) is 1. The number of benzene rings is 2. The fourth-order valence-corrected chi connectivity index (χ4v) is 4.17. The van der Waals surface area contributed by atoms with Gasteiger partial charge in [0.05, 0.1) is 23.9 Å². The third kappa shape index (κ3) is 3.93. The average Bonchev–Trinajstić information content (AvgIpc) is 3.13. The summed E-state index contributed by atoms with van der Waals surface area (Å²) in [6, 6.07) is 11.0. The van der Waals surface area contributed by atoms with Gasteiger partial charge in [0.25, 0.3) is 5.91 Å². The Morgan fingerprint density at radius 3 is 2.59 bits per heavy atom. The second-order valence-corrected chi connectivity index (χ2v) is 8.18. The summed E-state index contributed by atoms with van der Waals surface area (Å²) >= 11 is 6.34. The van der Waals surface area contributed by atoms with E-state index in [0.717, 1.165) is 5.56 Å². The van der Waals surface area contributed by atoms with Gasteiger partial charge in [-0.2, -0.15) is 0 Å². The third-order valence-corrected chi connectivity index (χ3v) is 6.18. The average molecular weight is 457 g/mol. The molecule has 2 heterocycles. The van der Waals surface area contributed by atoms with Crippen LogP contribution in [0, 0.1) is 5.82 Å². The molecule has 2 aromatic rings. The van der Waals surface area contributed by atoms with Gasteiger partial charge in [-0.15, -0.1) is 0 Å². The second-order valence-electron chi connectivity index (χ2n) is 7.78. The fourth-order valence-electron chi connectivity index (χ4n) is 3.92. The van der Waals surface area contributed by atoms with Gasteiger partial charge in [0.15, 0.2) is 0 Å². The van der Waals surface area contributed by atoms with Crippen LogP contribution in [0.5, 0.6) is 0 Å². The Bertz CT molecular complexity index is 1120. The molecule has 166 valence electrons. The summed E-state index contributed by atoms with van der Waals surface area (Å²) in [4.78, 5) is 41.5. The van der Waals surface area contributed by atoms with Gasteiger partial charge in [0.2, 0.25) is 5.91 Å². The van der Waals surface area contributed by atoms with E-state index in [1.165, 1.54) is 21.9 Å². The molecule has 0 fully saturated rings. The second kappa shape index (κ2) is 8.63. The first kappa shape index (κ1) is 21.8. The maximum Gasteiger partial charge on any atom is 0.322 e. The van der Waals surface area contributed by atoms with Crippen LogP contribution in [-0.4, -0.2) is 47.3 Å². The van der Waals surface area contributed by atoms with Crippen molar-refractivity contribution >= 4 is 29.4 Å². The number of nitrogens with zero attached hydrogens (tertiary/aromatic N) is 2. The lowest BCUT2D eigenvalue weighted by Gasteiger charge is -2.31. The SMILES string of the molecule is C[C@H](C(=O)NCc1ccc(F)cc1)N1CC2=C(C1=O)[C@H](c1ccccc1Cl)NC(=O)N2C. The third-order valence-electron chi connectivity index (χ3n) is 5.83. The molecule has 4 amide bonds. The molecule has 32 heavy (non-hydrogen) atoms. The molecule has 2 aliphatic rings. The van der Waals surface area contributed by atoms with Crippen LogP contribution in [0.1, 0.15) is 24.1 Å². The Morgan fingerprint density at radius 2 is 1.91 bits per heavy atom. The summed E-state index contributed by atoms with van der Waals surface area (Å²) in [7, 11) is 1.59. The topological polar surface area (TPSA) is 81.8 Å². The van der Waals surface area contributed by atoms with E-state index in [2.05, 4.69) is 10.6 Å². The van der Waals surface area contributed by atoms with E-state index in [4.69, 9.17) is 11.6 Å². The van der Waals surface area contributed by atoms with Crippen LogP contribution in [0.15, 0.2) is 59.8 Å². The van der Waals surface area contributed by atoms with E-state index in [-0.39, 0.29) is 36.8 Å². The van der Waals surface area contributed by atoms with Crippen molar-refractivity contribution in [2.45, 2.75) is 25.6 Å². The fraction of sp³-hybridized carbons (Fsp3) is 0.261. The molecule has 0 bridgehead atoms. The minimum absolute atomic E-state index is 0.129. The summed E-state index contributed by atoms with van der Waals surface area (Å²) in [5.74, 6) is -1.03. The molecule has 0 aliphatic carbocycles. The lowest BCUT2D eigenvalue weighted by molar-refractivity contribution is -0.135. The van der Waals surface area contributed by atoms with E-state index in [0.29, 0.717) is 21.9 Å². The Balaban J connectivity index is 1.53. The molecule has 0 unspecified atom stereocenters. The molecule has 0 saturated carbocycles. The van der Waals surface area contributed by atoms with Crippen molar-refractivity contribution in [1.29, 1.82) is 0 Å². The van der Waals surface area contributed by atoms with Crippen LogP contribution in [0.25, 0.3) is 0 Å². The molecule has 9 heteroatoms. The van der Waals surface area contributed by atoms with Gasteiger partial charge in [-0.05, 0) is 36.2 Å². The molecule has 7 nitrogen and oxygen atoms in total. The molecule has 2 N–H and O–H groups in total. The number of carbonyl (C=O) groups is 3. The summed E-state index contributed by atoms with van der Waals surface area (Å²) in [6.07, 6.45) is 0. The van der Waals surface area contributed by atoms with Gasteiger partial charge in [-0.3, -0.25) is 14.5 Å². The number of rotatable bonds is 5. The molecular formula is C23H22ClFN4O3. The van der Waals surface area contributed by atoms with Crippen LogP contribution in [0.3, 0.4) is 0 Å². The molecule has 0 radical (unpaired) electrons. The van der Waals surface area contributed by atoms with Gasteiger partial charge in [0.1, 0.15) is 11.9 Å². The number of carbonyl (C=O) groups excluding carboxylic acids is 3. The number of hydrogen-bond donors (Lipinski definition) is 2. The van der Waals surface area contributed by atoms with Crippen LogP contribution in [-0.2, 0) is 16.1 Å². The number of urea groups is 1. The lowest BCUT2D eigenvalue weighted by atomic mass is 9.95. The van der Waals surface area contributed by atoms with E-state index < -0.39 is 12.1 Å². The number of nitrogens with one attached hydrogen (secondary N) is 2. The summed E-state index contributed by atoms with van der Waals surface area (Å²) in [5.41, 5.74) is 2.30. The predicted molar refractivity (Wildman–Crippen MR) is 117 cm³/mol. The lowest BCUT2D eigenvalue weighted by Crippen LogP contribution is -2.46. The molecule has 0 saturated heterocycles. The van der Waals surface area contributed by atoms with Gasteiger partial charge in [0, 0.05) is 18.6 Å². The van der Waals surface area contributed by atoms with E-state index in [9.17, 15) is 18.8 Å². The van der Waals surface area contributed by atoms with Gasteiger partial charge < -0.3 is 15.5 Å². The van der Waals surface area contributed by atoms with Crippen molar-refractivity contribution in [2.75, 3.05) is 13.6 Å². The Labute approximate surface area is 189 Å². The molecular weight excluding hydrogens is 435 g/mol. The van der Waals surface area contributed by atoms with E-state index in [1.807, 2.05) is 0 Å². The minimum Gasteiger partial charge on any atom is -0.350 e. The van der Waals surface area contributed by atoms with Crippen molar-refractivity contribution < 1.29 is 18.8 Å². The van der Waals surface area contributed by atoms with Crippen LogP contribution in [0.2, 0.25) is 5.02 Å². The smallest absolute Gasteiger partial charge is 0.322 e. The highest BCUT2D eigenvalue weighted by molar-refractivity contribution is 6.31. The van der Waals surface area contributed by atoms with Crippen LogP contribution < -0.4 is 10.6 Å². The first-order valence-electron chi connectivity index (χ1n) is 10.1. The normalized spacial score (nSPS) is 19.1. The van der Waals surface area contributed by atoms with Crippen LogP contribution in [0.4, 0.5) is 9.18 Å². The van der Waals surface area contributed by atoms with E-state index in [1.54, 1.807) is 50.4 Å². The number of halogens is 2. The van der Waals surface area contributed by atoms with Gasteiger partial charge in [-0.1, -0.05) is 41.9 Å². The maximum atomic E-state index is 13.4. The molecule has 2 aromatic carbocycles. The summed E-state index contributed by atoms with van der Waals surface area (Å²) in [6.45, 7) is 1.97. The monoisotopic (exact) mass is 456 g/mol. The van der Waals surface area contributed by atoms with Crippen molar-refractivity contribution in [2.24, 2.45) is 0 Å². The predicted octanol–water partition coefficient (Wildman–Crippen LogP) is 2.98. The summed E-state index contributed by atoms with van der Waals surface area (Å²) in [5, 5.41) is 6.04. The first-order chi connectivity index (χ1) is 15.3. The molecule has 4 rings (SSSR count). The maximum absolute atomic E-state index is 13.4. The molecule has 2 aliphatic heterocycles. The Morgan fingerprint density at radius 1 is 1.22 bits per heavy atom. The zero-order chi connectivity index (χ0) is 23.0. The largest absolute Gasteiger partial charge is 0.350 e. The van der Waals surface area contributed by atoms with Crippen molar-refractivity contribution in [3.63, 3.8) is 0 Å². The highest BCUT2D eigenvalue weighted by atomic mass is 35.5. The van der Waals surface area contributed by atoms with Crippen molar-refractivity contribution in [1.82, 2.24) is 20.4 Å². The van der Waals surface area contributed by atoms with Crippen molar-refractivity contribution in [3.8, 4) is 0 Å². The molecule has 2 atom stereocenters. The molecule has 0 aromatic heterocycles. The van der Waals surface area contributed by atoms with E-state index >= 15 is 0 Å². The molecule has 0 spiro atoms. The van der Waals surface area contributed by atoms with Crippen LogP contribution >= 0.6 is 11.6 Å². The number of hydrogen-bond acceptors (Lipinski definition) is 3. The summed E-state index contributed by atoms with van der Waals surface area (Å²) < 4.78 is 13.1. The Kier molecular flexibility index (Phi) is 5.88. The van der Waals surface area contributed by atoms with Crippen molar-refractivity contribution in [3.05, 3.63) is 81.8 Å². The highest BCUT2D eigenvalue weighted by Gasteiger charge is 2.45. The number of amides is 4.